The number of methoxy groups -OCH3 is 1. The summed E-state index contributed by atoms with van der Waals surface area (Å²) in [5.41, 5.74) is 0. The van der Waals surface area contributed by atoms with E-state index in [1.54, 1.807) is 31.4 Å². The first-order valence-electron chi connectivity index (χ1n) is 7.94. The highest BCUT2D eigenvalue weighted by Gasteiger charge is 2.18. The van der Waals surface area contributed by atoms with E-state index in [0.717, 1.165) is 38.5 Å². The molecule has 1 aliphatic rings. The molecule has 1 heterocycles. The van der Waals surface area contributed by atoms with Crippen molar-refractivity contribution in [1.82, 2.24) is 9.80 Å². The molecule has 1 saturated heterocycles. The zero-order valence-electron chi connectivity index (χ0n) is 14.2. The van der Waals surface area contributed by atoms with Gasteiger partial charge in [0, 0.05) is 32.7 Å². The highest BCUT2D eigenvalue weighted by atomic mass is 16.6. The molecule has 23 heavy (non-hydrogen) atoms. The molecule has 6 heteroatoms. The highest BCUT2D eigenvalue weighted by molar-refractivity contribution is 5.71. The Bertz CT molecular complexity index is 484. The molecule has 1 unspecified atom stereocenters. The Morgan fingerprint density at radius 3 is 2.35 bits per heavy atom. The third kappa shape index (κ3) is 6.08. The van der Waals surface area contributed by atoms with E-state index in [4.69, 9.17) is 14.2 Å². The average Bonchev–Trinajstić information content (AvgIpc) is 2.55. The van der Waals surface area contributed by atoms with Crippen molar-refractivity contribution in [2.24, 2.45) is 0 Å². The van der Waals surface area contributed by atoms with Crippen molar-refractivity contribution >= 4 is 5.97 Å². The molecule has 0 radical (unpaired) electrons. The quantitative estimate of drug-likeness (QED) is 0.704. The second-order valence-corrected chi connectivity index (χ2v) is 5.87. The molecule has 0 aliphatic carbocycles. The van der Waals surface area contributed by atoms with E-state index in [1.165, 1.54) is 0 Å². The van der Waals surface area contributed by atoms with E-state index in [0.29, 0.717) is 5.75 Å². The zero-order valence-corrected chi connectivity index (χ0v) is 14.2. The van der Waals surface area contributed by atoms with Crippen molar-refractivity contribution in [3.63, 3.8) is 0 Å². The fourth-order valence-electron chi connectivity index (χ4n) is 2.50. The van der Waals surface area contributed by atoms with Gasteiger partial charge >= 0.3 is 5.97 Å². The first kappa shape index (κ1) is 17.6. The van der Waals surface area contributed by atoms with Gasteiger partial charge in [-0.05, 0) is 38.2 Å². The smallest absolute Gasteiger partial charge is 0.344 e. The number of nitrogens with zero attached hydrogens (tertiary/aromatic N) is 2. The summed E-state index contributed by atoms with van der Waals surface area (Å²) in [7, 11) is 3.73. The summed E-state index contributed by atoms with van der Waals surface area (Å²) in [6.07, 6.45) is -0.134. The van der Waals surface area contributed by atoms with Crippen LogP contribution in [0.1, 0.15) is 6.92 Å². The molecular weight excluding hydrogens is 296 g/mol. The summed E-state index contributed by atoms with van der Waals surface area (Å²) >= 11 is 0. The Morgan fingerprint density at radius 1 is 1.13 bits per heavy atom. The minimum atomic E-state index is -0.345. The fourth-order valence-corrected chi connectivity index (χ4v) is 2.50. The Labute approximate surface area is 137 Å². The number of hydrogen-bond acceptors (Lipinski definition) is 6. The number of piperazine rings is 1. The van der Waals surface area contributed by atoms with E-state index in [-0.39, 0.29) is 18.7 Å². The largest absolute Gasteiger partial charge is 0.497 e. The number of esters is 1. The Morgan fingerprint density at radius 2 is 1.74 bits per heavy atom. The minimum absolute atomic E-state index is 0.0839. The van der Waals surface area contributed by atoms with Crippen LogP contribution in [0.15, 0.2) is 24.3 Å². The molecule has 1 aromatic rings. The molecule has 2 rings (SSSR count). The lowest BCUT2D eigenvalue weighted by Gasteiger charge is -2.33. The van der Waals surface area contributed by atoms with E-state index < -0.39 is 0 Å². The molecule has 1 aromatic carbocycles. The number of carbonyl (C=O) groups is 1. The highest BCUT2D eigenvalue weighted by Crippen LogP contribution is 2.16. The number of likely N-dealkylation sites (N-methyl/N-ethyl adjacent to an activating group) is 1. The molecule has 128 valence electrons. The van der Waals surface area contributed by atoms with Crippen LogP contribution in [-0.4, -0.2) is 75.4 Å². The van der Waals surface area contributed by atoms with E-state index >= 15 is 0 Å². The SMILES string of the molecule is COc1ccc(OCC(=O)OC(C)CN2CCN(C)CC2)cc1. The van der Waals surface area contributed by atoms with Gasteiger partial charge in [-0.1, -0.05) is 0 Å². The van der Waals surface area contributed by atoms with Gasteiger partial charge in [0.15, 0.2) is 6.61 Å². The zero-order chi connectivity index (χ0) is 16.7. The van der Waals surface area contributed by atoms with Crippen LogP contribution in [0.4, 0.5) is 0 Å². The van der Waals surface area contributed by atoms with Crippen molar-refractivity contribution in [3.05, 3.63) is 24.3 Å². The Hall–Kier alpha value is -1.79. The topological polar surface area (TPSA) is 51.2 Å². The summed E-state index contributed by atoms with van der Waals surface area (Å²) in [6, 6.07) is 7.10. The average molecular weight is 322 g/mol. The molecule has 1 aliphatic heterocycles. The van der Waals surface area contributed by atoms with Crippen molar-refractivity contribution in [3.8, 4) is 11.5 Å². The molecule has 1 atom stereocenters. The van der Waals surface area contributed by atoms with Gasteiger partial charge in [0.05, 0.1) is 7.11 Å². The molecule has 0 saturated carbocycles. The number of carbonyl (C=O) groups excluding carboxylic acids is 1. The lowest BCUT2D eigenvalue weighted by atomic mass is 10.3. The molecule has 0 bridgehead atoms. The van der Waals surface area contributed by atoms with E-state index in [9.17, 15) is 4.79 Å². The number of ether oxygens (including phenoxy) is 3. The molecule has 6 nitrogen and oxygen atoms in total. The maximum absolute atomic E-state index is 11.8. The summed E-state index contributed by atoms with van der Waals surface area (Å²) in [5, 5.41) is 0. The van der Waals surface area contributed by atoms with Gasteiger partial charge < -0.3 is 19.1 Å². The Balaban J connectivity index is 1.67. The van der Waals surface area contributed by atoms with Crippen molar-refractivity contribution in [2.45, 2.75) is 13.0 Å². The summed E-state index contributed by atoms with van der Waals surface area (Å²) in [6.45, 7) is 6.75. The van der Waals surface area contributed by atoms with Crippen LogP contribution >= 0.6 is 0 Å². The maximum Gasteiger partial charge on any atom is 0.344 e. The molecular formula is C17H26N2O4. The standard InChI is InChI=1S/C17H26N2O4/c1-14(12-19-10-8-18(2)9-11-19)23-17(20)13-22-16-6-4-15(21-3)5-7-16/h4-7,14H,8-13H2,1-3H3. The molecule has 0 N–H and O–H groups in total. The molecule has 0 spiro atoms. The van der Waals surface area contributed by atoms with Gasteiger partial charge in [-0.15, -0.1) is 0 Å². The monoisotopic (exact) mass is 322 g/mol. The van der Waals surface area contributed by atoms with Crippen molar-refractivity contribution < 1.29 is 19.0 Å². The van der Waals surface area contributed by atoms with Crippen LogP contribution in [0.2, 0.25) is 0 Å². The third-order valence-electron chi connectivity index (χ3n) is 3.86. The van der Waals surface area contributed by atoms with Gasteiger partial charge in [-0.25, -0.2) is 4.79 Å². The fraction of sp³-hybridized carbons (Fsp3) is 0.588. The van der Waals surface area contributed by atoms with Gasteiger partial charge in [0.1, 0.15) is 17.6 Å². The van der Waals surface area contributed by atoms with Crippen LogP contribution in [0.25, 0.3) is 0 Å². The first-order chi connectivity index (χ1) is 11.1. The Kier molecular flexibility index (Phi) is 6.67. The lowest BCUT2D eigenvalue weighted by molar-refractivity contribution is -0.151. The summed E-state index contributed by atoms with van der Waals surface area (Å²) in [5.74, 6) is 1.03. The van der Waals surface area contributed by atoms with Crippen LogP contribution in [0.5, 0.6) is 11.5 Å². The molecule has 1 fully saturated rings. The van der Waals surface area contributed by atoms with Crippen LogP contribution in [0, 0.1) is 0 Å². The minimum Gasteiger partial charge on any atom is -0.497 e. The molecule has 0 aromatic heterocycles. The van der Waals surface area contributed by atoms with Crippen molar-refractivity contribution in [1.29, 1.82) is 0 Å². The van der Waals surface area contributed by atoms with Crippen LogP contribution in [-0.2, 0) is 9.53 Å². The van der Waals surface area contributed by atoms with E-state index in [1.807, 2.05) is 6.92 Å². The first-order valence-corrected chi connectivity index (χ1v) is 7.94. The number of hydrogen-bond donors (Lipinski definition) is 0. The summed E-state index contributed by atoms with van der Waals surface area (Å²) < 4.78 is 15.9. The van der Waals surface area contributed by atoms with Gasteiger partial charge in [-0.2, -0.15) is 0 Å². The lowest BCUT2D eigenvalue weighted by Crippen LogP contribution is -2.47. The van der Waals surface area contributed by atoms with Gasteiger partial charge in [0.2, 0.25) is 0 Å². The summed E-state index contributed by atoms with van der Waals surface area (Å²) in [4.78, 5) is 16.5. The second kappa shape index (κ2) is 8.74. The normalized spacial score (nSPS) is 17.5. The maximum atomic E-state index is 11.8. The third-order valence-corrected chi connectivity index (χ3v) is 3.86. The second-order valence-electron chi connectivity index (χ2n) is 5.87. The van der Waals surface area contributed by atoms with Gasteiger partial charge in [0.25, 0.3) is 0 Å². The predicted octanol–water partition coefficient (Wildman–Crippen LogP) is 1.25. The predicted molar refractivity (Wildman–Crippen MR) is 88.0 cm³/mol. The van der Waals surface area contributed by atoms with E-state index in [2.05, 4.69) is 16.8 Å². The number of benzene rings is 1. The molecule has 0 amide bonds. The van der Waals surface area contributed by atoms with Crippen LogP contribution < -0.4 is 9.47 Å². The number of rotatable bonds is 7. The van der Waals surface area contributed by atoms with Gasteiger partial charge in [-0.3, -0.25) is 4.90 Å². The van der Waals surface area contributed by atoms with Crippen LogP contribution in [0.3, 0.4) is 0 Å². The van der Waals surface area contributed by atoms with Crippen molar-refractivity contribution in [2.75, 3.05) is 53.5 Å².